The average molecular weight is 1090 g/mol. The number of alkyl halides is 3. The van der Waals surface area contributed by atoms with Gasteiger partial charge in [0.05, 0.1) is 91.3 Å². The summed E-state index contributed by atoms with van der Waals surface area (Å²) in [5, 5.41) is 25.4. The van der Waals surface area contributed by atoms with Crippen LogP contribution in [-0.4, -0.2) is 148 Å². The van der Waals surface area contributed by atoms with Crippen LogP contribution in [0.25, 0.3) is 10.4 Å². The third-order valence-corrected chi connectivity index (χ3v) is 13.6. The Morgan fingerprint density at radius 3 is 2.04 bits per heavy atom. The van der Waals surface area contributed by atoms with E-state index in [9.17, 15) is 42.3 Å². The first kappa shape index (κ1) is 59.7. The molecule has 77 heavy (non-hydrogen) atoms. The third-order valence-electron chi connectivity index (χ3n) is 12.6. The molecule has 0 saturated carbocycles. The second-order valence-corrected chi connectivity index (χ2v) is 20.7. The number of imide groups is 1. The molecule has 2 aliphatic rings. The molecule has 0 unspecified atom stereocenters. The van der Waals surface area contributed by atoms with Crippen molar-refractivity contribution < 1.29 is 70.7 Å². The number of anilines is 2. The maximum absolute atomic E-state index is 13.9. The Kier molecular flexibility index (Phi) is 21.1. The number of halogens is 3. The highest BCUT2D eigenvalue weighted by Crippen LogP contribution is 2.40. The number of aliphatic hydroxyl groups is 1. The topological polar surface area (TPSA) is 231 Å². The molecule has 3 heterocycles. The summed E-state index contributed by atoms with van der Waals surface area (Å²) >= 11 is 1.56. The van der Waals surface area contributed by atoms with E-state index in [0.717, 1.165) is 33.8 Å². The van der Waals surface area contributed by atoms with Gasteiger partial charge in [-0.15, -0.1) is 11.3 Å². The smallest absolute Gasteiger partial charge is 0.417 e. The lowest BCUT2D eigenvalue weighted by molar-refractivity contribution is -0.144. The van der Waals surface area contributed by atoms with Crippen LogP contribution in [0.5, 0.6) is 5.75 Å². The predicted octanol–water partition coefficient (Wildman–Crippen LogP) is 6.42. The molecule has 6 amide bonds. The van der Waals surface area contributed by atoms with Gasteiger partial charge in [-0.25, -0.2) is 14.7 Å². The summed E-state index contributed by atoms with van der Waals surface area (Å²) in [7, 11) is 0. The number of urea groups is 1. The molecule has 19 nitrogen and oxygen atoms in total. The van der Waals surface area contributed by atoms with E-state index in [0.29, 0.717) is 68.5 Å². The van der Waals surface area contributed by atoms with Crippen LogP contribution >= 0.6 is 11.3 Å². The second kappa shape index (κ2) is 27.2. The van der Waals surface area contributed by atoms with Crippen LogP contribution in [0, 0.1) is 23.7 Å². The molecule has 2 aliphatic heterocycles. The number of amides is 6. The Balaban J connectivity index is 0.774. The van der Waals surface area contributed by atoms with Gasteiger partial charge in [-0.2, -0.15) is 18.4 Å². The minimum atomic E-state index is -4.87. The van der Waals surface area contributed by atoms with Crippen LogP contribution in [-0.2, 0) is 55.6 Å². The van der Waals surface area contributed by atoms with E-state index in [4.69, 9.17) is 33.7 Å². The highest BCUT2D eigenvalue weighted by Gasteiger charge is 2.53. The van der Waals surface area contributed by atoms with Gasteiger partial charge in [-0.1, -0.05) is 45.0 Å². The number of aromatic nitrogens is 1. The Morgan fingerprint density at radius 2 is 1.45 bits per heavy atom. The summed E-state index contributed by atoms with van der Waals surface area (Å²) < 4.78 is 74.4. The standard InChI is InChI=1S/C54H66F3N7O12S/c1-35-46(77-34-60-35)37-10-8-36(9-11-37)31-59-48(67)44-29-41(65)32-62(44)49(68)47(52(2,3)4)61-45(66)33-75-25-24-73-22-20-71-18-7-19-72-21-23-74-26-27-76-42-16-14-39(15-17-42)64-51(70)63(50(69)53(64,5)6)40-13-12-38(30-58)43(28-40)54(55,56)57/h8-17,28,34,41,44,47,65H,7,18-27,29,31-33H2,1-6H3,(H,59,67)(H,61,66)/t41-,44+,47-/m1/s1. The van der Waals surface area contributed by atoms with Crippen molar-refractivity contribution in [3.8, 4) is 22.3 Å². The number of nitrogens with one attached hydrogen (secondary N) is 2. The van der Waals surface area contributed by atoms with Gasteiger partial charge in [0.1, 0.15) is 36.6 Å². The van der Waals surface area contributed by atoms with Gasteiger partial charge in [-0.3, -0.25) is 24.1 Å². The summed E-state index contributed by atoms with van der Waals surface area (Å²) in [5.41, 5.74) is 0.649. The summed E-state index contributed by atoms with van der Waals surface area (Å²) in [4.78, 5) is 75.7. The van der Waals surface area contributed by atoms with E-state index < -0.39 is 76.1 Å². The Morgan fingerprint density at radius 1 is 0.857 bits per heavy atom. The molecule has 6 rings (SSSR count). The van der Waals surface area contributed by atoms with E-state index in [1.165, 1.54) is 29.7 Å². The molecule has 0 aliphatic carbocycles. The fourth-order valence-corrected chi connectivity index (χ4v) is 9.35. The van der Waals surface area contributed by atoms with Crippen molar-refractivity contribution >= 4 is 52.4 Å². The van der Waals surface area contributed by atoms with Gasteiger partial charge in [0, 0.05) is 38.4 Å². The van der Waals surface area contributed by atoms with E-state index in [-0.39, 0.29) is 58.2 Å². The summed E-state index contributed by atoms with van der Waals surface area (Å²) in [6.45, 7) is 13.3. The number of ether oxygens (including phenoxy) is 6. The van der Waals surface area contributed by atoms with Crippen molar-refractivity contribution in [2.75, 3.05) is 89.0 Å². The van der Waals surface area contributed by atoms with E-state index in [1.54, 1.807) is 41.1 Å². The van der Waals surface area contributed by atoms with Crippen molar-refractivity contribution in [2.45, 2.75) is 90.8 Å². The lowest BCUT2D eigenvalue weighted by Gasteiger charge is -2.35. The van der Waals surface area contributed by atoms with Gasteiger partial charge >= 0.3 is 12.2 Å². The van der Waals surface area contributed by atoms with Gasteiger partial charge in [0.25, 0.3) is 5.91 Å². The van der Waals surface area contributed by atoms with Crippen LogP contribution in [0.3, 0.4) is 0 Å². The predicted molar refractivity (Wildman–Crippen MR) is 278 cm³/mol. The molecule has 0 spiro atoms. The zero-order valence-corrected chi connectivity index (χ0v) is 44.8. The van der Waals surface area contributed by atoms with E-state index in [1.807, 2.05) is 52.0 Å². The van der Waals surface area contributed by atoms with Crippen LogP contribution < -0.4 is 25.2 Å². The summed E-state index contributed by atoms with van der Waals surface area (Å²) in [6, 6.07) is 15.6. The number of rotatable bonds is 27. The molecule has 416 valence electrons. The van der Waals surface area contributed by atoms with E-state index >= 15 is 0 Å². The molecule has 2 fully saturated rings. The zero-order valence-electron chi connectivity index (χ0n) is 44.0. The van der Waals surface area contributed by atoms with Crippen LogP contribution in [0.15, 0.2) is 72.2 Å². The first-order chi connectivity index (χ1) is 36.6. The van der Waals surface area contributed by atoms with Crippen LogP contribution in [0.2, 0.25) is 0 Å². The van der Waals surface area contributed by atoms with Crippen molar-refractivity contribution in [2.24, 2.45) is 5.41 Å². The lowest BCUT2D eigenvalue weighted by atomic mass is 9.85. The summed E-state index contributed by atoms with van der Waals surface area (Å²) in [6.07, 6.45) is -5.04. The number of β-amino-alcohol motifs (C(OH)–C–C–N with tert-alkyl or cyclic N) is 1. The average Bonchev–Trinajstić information content (AvgIpc) is 4.06. The van der Waals surface area contributed by atoms with Gasteiger partial charge < -0.3 is 49.1 Å². The second-order valence-electron chi connectivity index (χ2n) is 19.8. The molecule has 1 aromatic heterocycles. The highest BCUT2D eigenvalue weighted by atomic mass is 32.1. The molecular weight excluding hydrogens is 1030 g/mol. The third kappa shape index (κ3) is 16.0. The largest absolute Gasteiger partial charge is 0.491 e. The van der Waals surface area contributed by atoms with Gasteiger partial charge in [0.2, 0.25) is 17.7 Å². The number of nitriles is 1. The van der Waals surface area contributed by atoms with Crippen LogP contribution in [0.4, 0.5) is 29.3 Å². The first-order valence-corrected chi connectivity index (χ1v) is 26.0. The van der Waals surface area contributed by atoms with Gasteiger partial charge in [-0.05, 0) is 86.2 Å². The normalized spacial score (nSPS) is 16.9. The first-order valence-electron chi connectivity index (χ1n) is 25.1. The minimum absolute atomic E-state index is 0.0378. The SMILES string of the molecule is Cc1ncsc1-c1ccc(CNC(=O)[C@@H]2C[C@@H](O)CN2C(=O)[C@@H](NC(=O)COCCOCCOCCCOCCOCCOc2ccc(N3C(=O)N(c4ccc(C#N)c(C(F)(F)F)c4)C(=O)C3(C)C)cc2)C(C)(C)C)cc1. The molecule has 3 aromatic carbocycles. The number of aliphatic hydroxyl groups excluding tert-OH is 1. The number of thiazole rings is 1. The maximum Gasteiger partial charge on any atom is 0.417 e. The summed E-state index contributed by atoms with van der Waals surface area (Å²) in [5.74, 6) is -1.64. The number of carbonyl (C=O) groups excluding carboxylic acids is 5. The number of hydrogen-bond acceptors (Lipinski definition) is 15. The minimum Gasteiger partial charge on any atom is -0.491 e. The zero-order chi connectivity index (χ0) is 55.9. The molecule has 2 saturated heterocycles. The van der Waals surface area contributed by atoms with Crippen LogP contribution in [0.1, 0.15) is 69.8 Å². The Bertz CT molecular complexity index is 2690. The fraction of sp³-hybridized carbons (Fsp3) is 0.500. The molecule has 4 aromatic rings. The number of aryl methyl sites for hydroxylation is 1. The maximum atomic E-state index is 13.9. The van der Waals surface area contributed by atoms with E-state index in [2.05, 4.69) is 15.6 Å². The molecular formula is C54H66F3N7O12S. The number of benzene rings is 3. The number of likely N-dealkylation sites (tertiary alicyclic amines) is 1. The number of carbonyl (C=O) groups is 5. The lowest BCUT2D eigenvalue weighted by Crippen LogP contribution is -2.58. The molecule has 0 radical (unpaired) electrons. The monoisotopic (exact) mass is 1090 g/mol. The molecule has 0 bridgehead atoms. The van der Waals surface area contributed by atoms with Gasteiger partial charge in [0.15, 0.2) is 0 Å². The highest BCUT2D eigenvalue weighted by molar-refractivity contribution is 7.13. The van der Waals surface area contributed by atoms with Crippen molar-refractivity contribution in [3.63, 3.8) is 0 Å². The number of hydrogen-bond donors (Lipinski definition) is 3. The molecule has 3 atom stereocenters. The molecule has 3 N–H and O–H groups in total. The van der Waals surface area contributed by atoms with Crippen molar-refractivity contribution in [1.29, 1.82) is 5.26 Å². The van der Waals surface area contributed by atoms with Crippen molar-refractivity contribution in [1.82, 2.24) is 20.5 Å². The Hall–Kier alpha value is -6.52. The number of nitrogens with zero attached hydrogens (tertiary/aromatic N) is 5. The Labute approximate surface area is 449 Å². The van der Waals surface area contributed by atoms with Crippen molar-refractivity contribution in [3.05, 3.63) is 94.6 Å². The fourth-order valence-electron chi connectivity index (χ4n) is 8.54. The quantitative estimate of drug-likeness (QED) is 0.0432. The molecule has 23 heteroatoms.